The van der Waals surface area contributed by atoms with Crippen LogP contribution in [0.25, 0.3) is 16.3 Å². The van der Waals surface area contributed by atoms with E-state index < -0.39 is 0 Å². The van der Waals surface area contributed by atoms with E-state index >= 15 is 0 Å². The summed E-state index contributed by atoms with van der Waals surface area (Å²) in [6.07, 6.45) is 5.31. The number of benzene rings is 2. The minimum absolute atomic E-state index is 0.0360. The summed E-state index contributed by atoms with van der Waals surface area (Å²) >= 11 is 1.46. The number of hydrogen-bond acceptors (Lipinski definition) is 6. The molecule has 0 spiro atoms. The van der Waals surface area contributed by atoms with Crippen molar-refractivity contribution >= 4 is 17.2 Å². The van der Waals surface area contributed by atoms with Crippen molar-refractivity contribution in [2.24, 2.45) is 0 Å². The maximum absolute atomic E-state index is 13.1. The van der Waals surface area contributed by atoms with Crippen molar-refractivity contribution in [2.45, 2.75) is 25.9 Å². The number of para-hydroxylation sites is 3. The predicted octanol–water partition coefficient (Wildman–Crippen LogP) is 5.08. The maximum Gasteiger partial charge on any atom is 0.273 e. The van der Waals surface area contributed by atoms with Crippen molar-refractivity contribution < 1.29 is 14.3 Å². The van der Waals surface area contributed by atoms with Crippen LogP contribution in [0.3, 0.4) is 0 Å². The molecule has 1 fully saturated rings. The first-order valence-electron chi connectivity index (χ1n) is 11.4. The van der Waals surface area contributed by atoms with E-state index in [0.717, 1.165) is 40.6 Å². The van der Waals surface area contributed by atoms with Crippen LogP contribution >= 0.6 is 11.3 Å². The van der Waals surface area contributed by atoms with Gasteiger partial charge in [0, 0.05) is 43.1 Å². The van der Waals surface area contributed by atoms with E-state index in [0.29, 0.717) is 25.4 Å². The predicted molar refractivity (Wildman–Crippen MR) is 132 cm³/mol. The lowest BCUT2D eigenvalue weighted by Gasteiger charge is -2.32. The lowest BCUT2D eigenvalue weighted by molar-refractivity contribution is 0.0585. The molecule has 0 unspecified atom stereocenters. The monoisotopic (exact) mass is 474 g/mol. The van der Waals surface area contributed by atoms with Crippen LogP contribution in [-0.4, -0.2) is 51.4 Å². The van der Waals surface area contributed by atoms with Crippen LogP contribution in [0.2, 0.25) is 0 Å². The minimum atomic E-state index is -0.0360. The van der Waals surface area contributed by atoms with E-state index in [2.05, 4.69) is 10.1 Å². The zero-order valence-electron chi connectivity index (χ0n) is 19.0. The fraction of sp³-hybridized carbons (Fsp3) is 0.269. The molecule has 8 heteroatoms. The molecule has 34 heavy (non-hydrogen) atoms. The molecule has 2 aromatic carbocycles. The zero-order valence-corrected chi connectivity index (χ0v) is 19.8. The van der Waals surface area contributed by atoms with E-state index in [1.807, 2.05) is 82.7 Å². The molecule has 1 aliphatic heterocycles. The highest BCUT2D eigenvalue weighted by Gasteiger charge is 2.27. The fourth-order valence-electron chi connectivity index (χ4n) is 4.00. The largest absolute Gasteiger partial charge is 0.490 e. The Hall–Kier alpha value is -3.65. The first-order chi connectivity index (χ1) is 16.7. The van der Waals surface area contributed by atoms with Crippen molar-refractivity contribution in [2.75, 3.05) is 19.7 Å². The van der Waals surface area contributed by atoms with Crippen molar-refractivity contribution in [3.05, 3.63) is 78.1 Å². The first kappa shape index (κ1) is 22.2. The molecular formula is C26H26N4O3S. The van der Waals surface area contributed by atoms with E-state index in [4.69, 9.17) is 9.47 Å². The number of ether oxygens (including phenoxy) is 2. The molecular weight excluding hydrogens is 448 g/mol. The van der Waals surface area contributed by atoms with Gasteiger partial charge in [-0.3, -0.25) is 4.79 Å². The van der Waals surface area contributed by atoms with Crippen LogP contribution in [0.5, 0.6) is 11.5 Å². The quantitative estimate of drug-likeness (QED) is 0.374. The second-order valence-electron chi connectivity index (χ2n) is 8.04. The third kappa shape index (κ3) is 4.82. The second kappa shape index (κ2) is 10.1. The van der Waals surface area contributed by atoms with Crippen LogP contribution in [-0.2, 0) is 0 Å². The van der Waals surface area contributed by atoms with Crippen LogP contribution < -0.4 is 9.47 Å². The molecule has 5 rings (SSSR count). The number of aromatic nitrogens is 3. The smallest absolute Gasteiger partial charge is 0.273 e. The number of likely N-dealkylation sites (tertiary alicyclic amines) is 1. The van der Waals surface area contributed by atoms with Gasteiger partial charge in [0.25, 0.3) is 5.91 Å². The molecule has 1 saturated heterocycles. The highest BCUT2D eigenvalue weighted by molar-refractivity contribution is 7.13. The van der Waals surface area contributed by atoms with Gasteiger partial charge >= 0.3 is 0 Å². The van der Waals surface area contributed by atoms with E-state index in [1.165, 1.54) is 11.3 Å². The minimum Gasteiger partial charge on any atom is -0.490 e. The highest BCUT2D eigenvalue weighted by atomic mass is 32.1. The fourth-order valence-corrected chi connectivity index (χ4v) is 4.77. The Bertz CT molecular complexity index is 1250. The normalized spacial score (nSPS) is 14.2. The molecule has 0 saturated carbocycles. The van der Waals surface area contributed by atoms with Gasteiger partial charge in [0.15, 0.2) is 11.5 Å². The average Bonchev–Trinajstić information content (AvgIpc) is 3.56. The lowest BCUT2D eigenvalue weighted by Crippen LogP contribution is -2.41. The van der Waals surface area contributed by atoms with Gasteiger partial charge in [0.2, 0.25) is 0 Å². The second-order valence-corrected chi connectivity index (χ2v) is 8.89. The summed E-state index contributed by atoms with van der Waals surface area (Å²) in [5.74, 6) is 1.48. The topological polar surface area (TPSA) is 69.5 Å². The van der Waals surface area contributed by atoms with Crippen molar-refractivity contribution in [1.82, 2.24) is 19.7 Å². The molecule has 0 aliphatic carbocycles. The van der Waals surface area contributed by atoms with E-state index in [-0.39, 0.29) is 12.0 Å². The Labute approximate surface area is 202 Å². The Balaban J connectivity index is 1.20. The number of hydrogen-bond donors (Lipinski definition) is 0. The van der Waals surface area contributed by atoms with Crippen molar-refractivity contribution in [3.8, 4) is 27.8 Å². The molecule has 2 aromatic heterocycles. The van der Waals surface area contributed by atoms with Gasteiger partial charge in [-0.1, -0.05) is 30.3 Å². The summed E-state index contributed by atoms with van der Waals surface area (Å²) in [7, 11) is 0. The molecule has 4 aromatic rings. The molecule has 0 bridgehead atoms. The van der Waals surface area contributed by atoms with Crippen LogP contribution in [0.4, 0.5) is 0 Å². The summed E-state index contributed by atoms with van der Waals surface area (Å²) in [6, 6.07) is 17.6. The van der Waals surface area contributed by atoms with Gasteiger partial charge < -0.3 is 14.4 Å². The average molecular weight is 475 g/mol. The van der Waals surface area contributed by atoms with Crippen molar-refractivity contribution in [3.63, 3.8) is 0 Å². The molecule has 0 radical (unpaired) electrons. The standard InChI is InChI=1S/C26H26N4O3S/c1-2-32-23-10-6-7-11-24(23)33-21-12-14-29(15-13-21)26(31)22-18-34-25(28-22)19-16-27-30(17-19)20-8-4-3-5-9-20/h3-11,16-18,21H,2,12-15H2,1H3. The number of nitrogens with zero attached hydrogens (tertiary/aromatic N) is 4. The Morgan fingerprint density at radius 1 is 1.06 bits per heavy atom. The van der Waals surface area contributed by atoms with Gasteiger partial charge in [-0.2, -0.15) is 5.10 Å². The number of piperidine rings is 1. The Kier molecular flexibility index (Phi) is 6.58. The number of rotatable bonds is 7. The van der Waals surface area contributed by atoms with E-state index in [1.54, 1.807) is 6.20 Å². The van der Waals surface area contributed by atoms with Gasteiger partial charge in [-0.15, -0.1) is 11.3 Å². The third-order valence-electron chi connectivity index (χ3n) is 5.75. The van der Waals surface area contributed by atoms with Crippen LogP contribution in [0, 0.1) is 0 Å². The summed E-state index contributed by atoms with van der Waals surface area (Å²) in [5.41, 5.74) is 2.36. The van der Waals surface area contributed by atoms with Crippen LogP contribution in [0.15, 0.2) is 72.4 Å². The third-order valence-corrected chi connectivity index (χ3v) is 6.64. The van der Waals surface area contributed by atoms with Gasteiger partial charge in [0.1, 0.15) is 16.8 Å². The number of amides is 1. The molecule has 1 aliphatic rings. The van der Waals surface area contributed by atoms with Gasteiger partial charge in [-0.25, -0.2) is 9.67 Å². The molecule has 0 atom stereocenters. The Morgan fingerprint density at radius 3 is 2.56 bits per heavy atom. The maximum atomic E-state index is 13.1. The van der Waals surface area contributed by atoms with Gasteiger partial charge in [-0.05, 0) is 31.2 Å². The van der Waals surface area contributed by atoms with Crippen LogP contribution in [0.1, 0.15) is 30.3 Å². The number of thiazole rings is 1. The summed E-state index contributed by atoms with van der Waals surface area (Å²) in [6.45, 7) is 3.83. The molecule has 0 N–H and O–H groups in total. The summed E-state index contributed by atoms with van der Waals surface area (Å²) < 4.78 is 13.7. The van der Waals surface area contributed by atoms with Gasteiger partial charge in [0.05, 0.1) is 18.5 Å². The zero-order chi connectivity index (χ0) is 23.3. The molecule has 1 amide bonds. The number of carbonyl (C=O) groups excluding carboxylic acids is 1. The lowest BCUT2D eigenvalue weighted by atomic mass is 10.1. The molecule has 174 valence electrons. The Morgan fingerprint density at radius 2 is 1.79 bits per heavy atom. The highest BCUT2D eigenvalue weighted by Crippen LogP contribution is 2.30. The molecule has 3 heterocycles. The summed E-state index contributed by atoms with van der Waals surface area (Å²) in [5, 5.41) is 7.05. The number of carbonyl (C=O) groups is 1. The summed E-state index contributed by atoms with van der Waals surface area (Å²) in [4.78, 5) is 19.5. The molecule has 7 nitrogen and oxygen atoms in total. The first-order valence-corrected chi connectivity index (χ1v) is 12.3. The van der Waals surface area contributed by atoms with E-state index in [9.17, 15) is 4.79 Å². The van der Waals surface area contributed by atoms with Crippen molar-refractivity contribution in [1.29, 1.82) is 0 Å². The SMILES string of the molecule is CCOc1ccccc1OC1CCN(C(=O)c2csc(-c3cnn(-c4ccccc4)c3)n2)CC1.